The molecule has 2 rings (SSSR count). The summed E-state index contributed by atoms with van der Waals surface area (Å²) >= 11 is 5.77. The quantitative estimate of drug-likeness (QED) is 0.726. The van der Waals surface area contributed by atoms with Gasteiger partial charge in [0.2, 0.25) is 11.8 Å². The third kappa shape index (κ3) is 6.32. The first-order chi connectivity index (χ1) is 12.0. The topological polar surface area (TPSA) is 103 Å². The number of likely N-dealkylation sites (tertiary alicyclic amines) is 1. The van der Waals surface area contributed by atoms with Crippen LogP contribution in [-0.2, 0) is 9.59 Å². The SMILES string of the molecule is CCNC(=O)NC(=O)CN1CCC[C@H](C(=O)Nc2ccc(Cl)cn2)C1. The van der Waals surface area contributed by atoms with Crippen LogP contribution in [0.2, 0.25) is 5.02 Å². The molecule has 1 aromatic rings. The van der Waals surface area contributed by atoms with Crippen molar-refractivity contribution in [3.63, 3.8) is 0 Å². The molecule has 1 aromatic heterocycles. The minimum absolute atomic E-state index is 0.0834. The van der Waals surface area contributed by atoms with Gasteiger partial charge in [0.05, 0.1) is 17.5 Å². The number of rotatable bonds is 5. The van der Waals surface area contributed by atoms with Crippen LogP contribution in [0.4, 0.5) is 10.6 Å². The normalized spacial score (nSPS) is 17.6. The third-order valence-corrected chi connectivity index (χ3v) is 4.04. The Morgan fingerprint density at radius 1 is 1.36 bits per heavy atom. The summed E-state index contributed by atoms with van der Waals surface area (Å²) in [6.07, 6.45) is 3.02. The van der Waals surface area contributed by atoms with Crippen LogP contribution < -0.4 is 16.0 Å². The number of pyridine rings is 1. The minimum atomic E-state index is -0.507. The Kier molecular flexibility index (Phi) is 7.15. The molecule has 3 N–H and O–H groups in total. The van der Waals surface area contributed by atoms with Gasteiger partial charge in [0.25, 0.3) is 0 Å². The first-order valence-electron chi connectivity index (χ1n) is 8.20. The summed E-state index contributed by atoms with van der Waals surface area (Å²) in [7, 11) is 0. The molecule has 1 aliphatic rings. The fraction of sp³-hybridized carbons (Fsp3) is 0.500. The minimum Gasteiger partial charge on any atom is -0.338 e. The predicted molar refractivity (Wildman–Crippen MR) is 94.3 cm³/mol. The molecule has 0 aromatic carbocycles. The van der Waals surface area contributed by atoms with Gasteiger partial charge in [-0.15, -0.1) is 0 Å². The molecule has 0 unspecified atom stereocenters. The lowest BCUT2D eigenvalue weighted by molar-refractivity contribution is -0.125. The second kappa shape index (κ2) is 9.33. The van der Waals surface area contributed by atoms with Crippen molar-refractivity contribution in [1.29, 1.82) is 0 Å². The van der Waals surface area contributed by atoms with E-state index in [1.807, 2.05) is 4.90 Å². The third-order valence-electron chi connectivity index (χ3n) is 3.81. The molecule has 9 heteroatoms. The molecule has 0 radical (unpaired) electrons. The average Bonchev–Trinajstić information content (AvgIpc) is 2.57. The number of nitrogens with zero attached hydrogens (tertiary/aromatic N) is 2. The maximum atomic E-state index is 12.4. The average molecular weight is 368 g/mol. The number of urea groups is 1. The maximum Gasteiger partial charge on any atom is 0.321 e. The fourth-order valence-electron chi connectivity index (χ4n) is 2.67. The van der Waals surface area contributed by atoms with Crippen molar-refractivity contribution < 1.29 is 14.4 Å². The Balaban J connectivity index is 1.83. The highest BCUT2D eigenvalue weighted by Gasteiger charge is 2.27. The first kappa shape index (κ1) is 19.1. The Labute approximate surface area is 151 Å². The van der Waals surface area contributed by atoms with E-state index in [1.54, 1.807) is 19.1 Å². The maximum absolute atomic E-state index is 12.4. The van der Waals surface area contributed by atoms with Crippen LogP contribution in [0.25, 0.3) is 0 Å². The number of piperidine rings is 1. The van der Waals surface area contributed by atoms with E-state index in [9.17, 15) is 14.4 Å². The molecule has 25 heavy (non-hydrogen) atoms. The number of amides is 4. The smallest absolute Gasteiger partial charge is 0.321 e. The monoisotopic (exact) mass is 367 g/mol. The number of nitrogens with one attached hydrogen (secondary N) is 3. The highest BCUT2D eigenvalue weighted by molar-refractivity contribution is 6.30. The van der Waals surface area contributed by atoms with Gasteiger partial charge in [0.15, 0.2) is 0 Å². The van der Waals surface area contributed by atoms with Crippen LogP contribution in [0.5, 0.6) is 0 Å². The molecule has 1 aliphatic heterocycles. The van der Waals surface area contributed by atoms with Gasteiger partial charge < -0.3 is 10.6 Å². The molecule has 1 atom stereocenters. The van der Waals surface area contributed by atoms with Gasteiger partial charge in [-0.1, -0.05) is 11.6 Å². The summed E-state index contributed by atoms with van der Waals surface area (Å²) in [4.78, 5) is 41.5. The van der Waals surface area contributed by atoms with Crippen LogP contribution in [0.3, 0.4) is 0 Å². The van der Waals surface area contributed by atoms with Crippen LogP contribution >= 0.6 is 11.6 Å². The summed E-state index contributed by atoms with van der Waals surface area (Å²) in [5.41, 5.74) is 0. The van der Waals surface area contributed by atoms with E-state index in [0.717, 1.165) is 12.8 Å². The zero-order valence-electron chi connectivity index (χ0n) is 14.0. The molecule has 2 heterocycles. The molecular weight excluding hydrogens is 346 g/mol. The van der Waals surface area contributed by atoms with E-state index in [2.05, 4.69) is 20.9 Å². The lowest BCUT2D eigenvalue weighted by Crippen LogP contribution is -2.48. The number of halogens is 1. The number of hydrogen-bond donors (Lipinski definition) is 3. The Hall–Kier alpha value is -2.19. The molecule has 0 bridgehead atoms. The first-order valence-corrected chi connectivity index (χ1v) is 8.58. The Morgan fingerprint density at radius 3 is 2.84 bits per heavy atom. The lowest BCUT2D eigenvalue weighted by atomic mass is 9.97. The molecule has 1 fully saturated rings. The number of anilines is 1. The van der Waals surface area contributed by atoms with E-state index in [-0.39, 0.29) is 24.3 Å². The van der Waals surface area contributed by atoms with Gasteiger partial charge in [-0.2, -0.15) is 0 Å². The van der Waals surface area contributed by atoms with Crippen molar-refractivity contribution in [3.8, 4) is 0 Å². The number of carbonyl (C=O) groups is 3. The molecule has 4 amide bonds. The van der Waals surface area contributed by atoms with Crippen molar-refractivity contribution in [1.82, 2.24) is 20.5 Å². The number of carbonyl (C=O) groups excluding carboxylic acids is 3. The summed E-state index contributed by atoms with van der Waals surface area (Å²) in [6.45, 7) is 3.48. The van der Waals surface area contributed by atoms with Gasteiger partial charge in [-0.05, 0) is 38.4 Å². The molecule has 0 saturated carbocycles. The van der Waals surface area contributed by atoms with E-state index < -0.39 is 6.03 Å². The van der Waals surface area contributed by atoms with Crippen molar-refractivity contribution in [2.24, 2.45) is 5.92 Å². The molecular formula is C16H22ClN5O3. The van der Waals surface area contributed by atoms with E-state index in [1.165, 1.54) is 6.20 Å². The fourth-order valence-corrected chi connectivity index (χ4v) is 2.78. The van der Waals surface area contributed by atoms with Crippen LogP contribution in [0, 0.1) is 5.92 Å². The molecule has 0 spiro atoms. The summed E-state index contributed by atoms with van der Waals surface area (Å²) in [5.74, 6) is -0.306. The Morgan fingerprint density at radius 2 is 2.16 bits per heavy atom. The number of imide groups is 1. The number of aromatic nitrogens is 1. The molecule has 0 aliphatic carbocycles. The summed E-state index contributed by atoms with van der Waals surface area (Å²) in [5, 5.41) is 8.03. The van der Waals surface area contributed by atoms with E-state index in [4.69, 9.17) is 11.6 Å². The highest BCUT2D eigenvalue weighted by atomic mass is 35.5. The van der Waals surface area contributed by atoms with Crippen LogP contribution in [-0.4, -0.2) is 53.9 Å². The van der Waals surface area contributed by atoms with Crippen molar-refractivity contribution >= 4 is 35.3 Å². The second-order valence-electron chi connectivity index (χ2n) is 5.83. The predicted octanol–water partition coefficient (Wildman–Crippen LogP) is 1.23. The highest BCUT2D eigenvalue weighted by Crippen LogP contribution is 2.18. The van der Waals surface area contributed by atoms with Gasteiger partial charge in [0, 0.05) is 19.3 Å². The van der Waals surface area contributed by atoms with E-state index in [0.29, 0.717) is 30.5 Å². The second-order valence-corrected chi connectivity index (χ2v) is 6.27. The van der Waals surface area contributed by atoms with Gasteiger partial charge in [-0.3, -0.25) is 19.8 Å². The molecule has 1 saturated heterocycles. The van der Waals surface area contributed by atoms with Gasteiger partial charge in [0.1, 0.15) is 5.82 Å². The van der Waals surface area contributed by atoms with Crippen LogP contribution in [0.1, 0.15) is 19.8 Å². The molecule has 136 valence electrons. The van der Waals surface area contributed by atoms with Crippen molar-refractivity contribution in [2.45, 2.75) is 19.8 Å². The van der Waals surface area contributed by atoms with Crippen molar-refractivity contribution in [2.75, 3.05) is 31.5 Å². The van der Waals surface area contributed by atoms with Gasteiger partial charge in [-0.25, -0.2) is 9.78 Å². The zero-order chi connectivity index (χ0) is 18.2. The van der Waals surface area contributed by atoms with Gasteiger partial charge >= 0.3 is 6.03 Å². The van der Waals surface area contributed by atoms with Crippen molar-refractivity contribution in [3.05, 3.63) is 23.4 Å². The lowest BCUT2D eigenvalue weighted by Gasteiger charge is -2.31. The molecule has 8 nitrogen and oxygen atoms in total. The Bertz CT molecular complexity index is 623. The van der Waals surface area contributed by atoms with E-state index >= 15 is 0 Å². The largest absolute Gasteiger partial charge is 0.338 e. The number of hydrogen-bond acceptors (Lipinski definition) is 5. The van der Waals surface area contributed by atoms with Crippen LogP contribution in [0.15, 0.2) is 18.3 Å². The summed E-state index contributed by atoms with van der Waals surface area (Å²) in [6, 6.07) is 2.79. The zero-order valence-corrected chi connectivity index (χ0v) is 14.8. The summed E-state index contributed by atoms with van der Waals surface area (Å²) < 4.78 is 0. The standard InChI is InChI=1S/C16H22ClN5O3/c1-2-18-16(25)21-14(23)10-22-7-3-4-11(9-22)15(24)20-13-6-5-12(17)8-19-13/h5-6,8,11H,2-4,7,9-10H2,1H3,(H,19,20,24)(H2,18,21,23,25)/t11-/m0/s1.